The Morgan fingerprint density at radius 1 is 1.15 bits per heavy atom. The maximum Gasteiger partial charge on any atom is 0.266 e. The molecule has 0 aliphatic heterocycles. The Bertz CT molecular complexity index is 745. The molecule has 0 bridgehead atoms. The molecule has 4 nitrogen and oxygen atoms in total. The number of anilines is 2. The first-order valence-electron chi connectivity index (χ1n) is 5.93. The van der Waals surface area contributed by atoms with Crippen LogP contribution in [-0.2, 0) is 10.0 Å². The van der Waals surface area contributed by atoms with Crippen LogP contribution in [0.25, 0.3) is 0 Å². The van der Waals surface area contributed by atoms with Crippen molar-refractivity contribution in [3.8, 4) is 0 Å². The van der Waals surface area contributed by atoms with Crippen LogP contribution >= 0.6 is 0 Å². The van der Waals surface area contributed by atoms with Gasteiger partial charge >= 0.3 is 0 Å². The second kappa shape index (κ2) is 5.13. The second-order valence-electron chi connectivity index (χ2n) is 4.46. The molecule has 0 saturated heterocycles. The van der Waals surface area contributed by atoms with Crippen molar-refractivity contribution in [3.05, 3.63) is 53.8 Å². The van der Waals surface area contributed by atoms with Gasteiger partial charge in [0.15, 0.2) is 0 Å². The summed E-state index contributed by atoms with van der Waals surface area (Å²) in [7, 11) is -2.48. The molecule has 0 aromatic heterocycles. The minimum atomic E-state index is -3.89. The minimum absolute atomic E-state index is 0.235. The molecule has 2 aromatic rings. The topological polar surface area (TPSA) is 63.4 Å². The number of rotatable bonds is 3. The number of nitrogens with zero attached hydrogens (tertiary/aromatic N) is 1. The summed E-state index contributed by atoms with van der Waals surface area (Å²) in [5.41, 5.74) is 6.59. The molecule has 2 aromatic carbocycles. The number of sulfonamides is 1. The summed E-state index contributed by atoms with van der Waals surface area (Å²) in [6.45, 7) is 1.86. The molecule has 2 rings (SSSR count). The number of hydrogen-bond acceptors (Lipinski definition) is 3. The third-order valence-corrected chi connectivity index (χ3v) is 4.86. The van der Waals surface area contributed by atoms with Crippen molar-refractivity contribution in [2.45, 2.75) is 11.8 Å². The van der Waals surface area contributed by atoms with E-state index in [2.05, 4.69) is 0 Å². The summed E-state index contributed by atoms with van der Waals surface area (Å²) < 4.78 is 39.5. The Labute approximate surface area is 117 Å². The van der Waals surface area contributed by atoms with E-state index in [9.17, 15) is 12.8 Å². The highest BCUT2D eigenvalue weighted by atomic mass is 32.2. The second-order valence-corrected chi connectivity index (χ2v) is 6.40. The fourth-order valence-corrected chi connectivity index (χ4v) is 3.16. The van der Waals surface area contributed by atoms with Gasteiger partial charge in [0.1, 0.15) is 10.7 Å². The van der Waals surface area contributed by atoms with E-state index in [0.29, 0.717) is 5.69 Å². The Morgan fingerprint density at radius 3 is 2.45 bits per heavy atom. The first kappa shape index (κ1) is 14.3. The van der Waals surface area contributed by atoms with Crippen LogP contribution in [0.4, 0.5) is 15.8 Å². The molecule has 0 fully saturated rings. The van der Waals surface area contributed by atoms with E-state index in [1.54, 1.807) is 18.2 Å². The van der Waals surface area contributed by atoms with Gasteiger partial charge in [0, 0.05) is 7.05 Å². The van der Waals surface area contributed by atoms with Crippen LogP contribution in [0.3, 0.4) is 0 Å². The predicted octanol–water partition coefficient (Wildman–Crippen LogP) is 2.54. The van der Waals surface area contributed by atoms with E-state index in [1.165, 1.54) is 19.2 Å². The Balaban J connectivity index is 2.52. The van der Waals surface area contributed by atoms with E-state index in [4.69, 9.17) is 5.73 Å². The molecule has 106 valence electrons. The smallest absolute Gasteiger partial charge is 0.266 e. The van der Waals surface area contributed by atoms with Crippen molar-refractivity contribution >= 4 is 21.4 Å². The number of benzene rings is 2. The largest absolute Gasteiger partial charge is 0.395 e. The van der Waals surface area contributed by atoms with Crippen molar-refractivity contribution in [1.29, 1.82) is 0 Å². The normalized spacial score (nSPS) is 11.3. The van der Waals surface area contributed by atoms with Crippen LogP contribution in [0.5, 0.6) is 0 Å². The molecule has 6 heteroatoms. The van der Waals surface area contributed by atoms with Gasteiger partial charge in [-0.2, -0.15) is 0 Å². The van der Waals surface area contributed by atoms with Crippen LogP contribution < -0.4 is 10.0 Å². The van der Waals surface area contributed by atoms with Gasteiger partial charge in [0.25, 0.3) is 10.0 Å². The van der Waals surface area contributed by atoms with Gasteiger partial charge in [-0.25, -0.2) is 12.8 Å². The number of aryl methyl sites for hydroxylation is 1. The fraction of sp³-hybridized carbons (Fsp3) is 0.143. The highest BCUT2D eigenvalue weighted by Crippen LogP contribution is 2.27. The summed E-state index contributed by atoms with van der Waals surface area (Å²) in [4.78, 5) is -0.235. The lowest BCUT2D eigenvalue weighted by Gasteiger charge is -2.20. The van der Waals surface area contributed by atoms with E-state index in [1.807, 2.05) is 13.0 Å². The monoisotopic (exact) mass is 294 g/mol. The van der Waals surface area contributed by atoms with Crippen molar-refractivity contribution in [3.63, 3.8) is 0 Å². The molecule has 0 unspecified atom stereocenters. The third kappa shape index (κ3) is 2.46. The van der Waals surface area contributed by atoms with Crippen LogP contribution in [0.1, 0.15) is 5.56 Å². The number of halogens is 1. The lowest BCUT2D eigenvalue weighted by Crippen LogP contribution is -2.27. The third-order valence-electron chi connectivity index (χ3n) is 3.02. The molecule has 0 amide bonds. The lowest BCUT2D eigenvalue weighted by molar-refractivity contribution is 0.591. The number of para-hydroxylation sites is 1. The van der Waals surface area contributed by atoms with E-state index < -0.39 is 15.8 Å². The van der Waals surface area contributed by atoms with Gasteiger partial charge in [-0.15, -0.1) is 0 Å². The molecule has 0 atom stereocenters. The van der Waals surface area contributed by atoms with Crippen LogP contribution in [0.15, 0.2) is 47.4 Å². The van der Waals surface area contributed by atoms with E-state index >= 15 is 0 Å². The van der Waals surface area contributed by atoms with Crippen LogP contribution in [-0.4, -0.2) is 15.5 Å². The number of nitrogens with two attached hydrogens (primary N) is 1. The Morgan fingerprint density at radius 2 is 1.80 bits per heavy atom. The number of hydrogen-bond donors (Lipinski definition) is 1. The zero-order chi connectivity index (χ0) is 14.9. The standard InChI is InChI=1S/C14H15FN2O2S/c1-10-5-3-6-11(9-10)17(2)20(18,19)13-8-4-7-12(15)14(13)16/h3-9H,16H2,1-2H3. The van der Waals surface area contributed by atoms with Crippen molar-refractivity contribution in [1.82, 2.24) is 0 Å². The van der Waals surface area contributed by atoms with Crippen molar-refractivity contribution < 1.29 is 12.8 Å². The van der Waals surface area contributed by atoms with Crippen molar-refractivity contribution in [2.24, 2.45) is 0 Å². The van der Waals surface area contributed by atoms with Gasteiger partial charge in [-0.05, 0) is 36.8 Å². The summed E-state index contributed by atoms with van der Waals surface area (Å²) in [5.74, 6) is -0.747. The quantitative estimate of drug-likeness (QED) is 0.885. The molecular weight excluding hydrogens is 279 g/mol. The summed E-state index contributed by atoms with van der Waals surface area (Å²) >= 11 is 0. The van der Waals surface area contributed by atoms with Gasteiger partial charge < -0.3 is 5.73 Å². The first-order valence-corrected chi connectivity index (χ1v) is 7.37. The molecule has 2 N–H and O–H groups in total. The van der Waals surface area contributed by atoms with Gasteiger partial charge in [0.05, 0.1) is 11.4 Å². The summed E-state index contributed by atoms with van der Waals surface area (Å²) in [6.07, 6.45) is 0. The summed E-state index contributed by atoms with van der Waals surface area (Å²) in [5, 5.41) is 0. The molecule has 0 radical (unpaired) electrons. The SMILES string of the molecule is Cc1cccc(N(C)S(=O)(=O)c2cccc(F)c2N)c1. The Hall–Kier alpha value is -2.08. The van der Waals surface area contributed by atoms with Crippen LogP contribution in [0, 0.1) is 12.7 Å². The molecule has 0 saturated carbocycles. The van der Waals surface area contributed by atoms with E-state index in [-0.39, 0.29) is 10.6 Å². The number of nitrogen functional groups attached to an aromatic ring is 1. The molecule has 0 aliphatic carbocycles. The van der Waals surface area contributed by atoms with Crippen LogP contribution in [0.2, 0.25) is 0 Å². The first-order chi connectivity index (χ1) is 9.34. The van der Waals surface area contributed by atoms with Gasteiger partial charge in [-0.1, -0.05) is 18.2 Å². The fourth-order valence-electron chi connectivity index (χ4n) is 1.85. The molecule has 20 heavy (non-hydrogen) atoms. The maximum atomic E-state index is 13.4. The average Bonchev–Trinajstić information content (AvgIpc) is 2.40. The Kier molecular flexibility index (Phi) is 3.67. The zero-order valence-electron chi connectivity index (χ0n) is 11.2. The lowest BCUT2D eigenvalue weighted by atomic mass is 10.2. The highest BCUT2D eigenvalue weighted by Gasteiger charge is 2.25. The molecular formula is C14H15FN2O2S. The molecule has 0 heterocycles. The average molecular weight is 294 g/mol. The predicted molar refractivity (Wildman–Crippen MR) is 77.6 cm³/mol. The van der Waals surface area contributed by atoms with Gasteiger partial charge in [0.2, 0.25) is 0 Å². The van der Waals surface area contributed by atoms with E-state index in [0.717, 1.165) is 15.9 Å². The van der Waals surface area contributed by atoms with Crippen molar-refractivity contribution in [2.75, 3.05) is 17.1 Å². The maximum absolute atomic E-state index is 13.4. The molecule has 0 aliphatic rings. The minimum Gasteiger partial charge on any atom is -0.395 e. The molecule has 0 spiro atoms. The zero-order valence-corrected chi connectivity index (χ0v) is 12.0. The highest BCUT2D eigenvalue weighted by molar-refractivity contribution is 7.93. The van der Waals surface area contributed by atoms with Gasteiger partial charge in [-0.3, -0.25) is 4.31 Å². The summed E-state index contributed by atoms with van der Waals surface area (Å²) in [6, 6.07) is 10.8.